The predicted octanol–water partition coefficient (Wildman–Crippen LogP) is 2.21. The molecule has 0 aliphatic carbocycles. The SMILES string of the molecule is Cc1cccc(NC(=O)C2CN(C(=O)c3ccc([N+](=O)[O-])o3)C2)c1. The summed E-state index contributed by atoms with van der Waals surface area (Å²) in [5, 5.41) is 13.4. The van der Waals surface area contributed by atoms with Gasteiger partial charge in [0.1, 0.15) is 4.92 Å². The van der Waals surface area contributed by atoms with Gasteiger partial charge in [0.25, 0.3) is 5.91 Å². The molecule has 0 saturated carbocycles. The topological polar surface area (TPSA) is 106 Å². The Labute approximate surface area is 137 Å². The van der Waals surface area contributed by atoms with E-state index in [1.54, 1.807) is 6.07 Å². The van der Waals surface area contributed by atoms with Crippen molar-refractivity contribution < 1.29 is 18.9 Å². The summed E-state index contributed by atoms with van der Waals surface area (Å²) < 4.78 is 4.88. The Balaban J connectivity index is 1.55. The van der Waals surface area contributed by atoms with Crippen LogP contribution in [-0.2, 0) is 4.79 Å². The van der Waals surface area contributed by atoms with Gasteiger partial charge >= 0.3 is 5.88 Å². The summed E-state index contributed by atoms with van der Waals surface area (Å²) in [5.74, 6) is -1.50. The Morgan fingerprint density at radius 1 is 1.29 bits per heavy atom. The first-order chi connectivity index (χ1) is 11.4. The van der Waals surface area contributed by atoms with E-state index in [1.165, 1.54) is 11.0 Å². The van der Waals surface area contributed by atoms with Crippen molar-refractivity contribution in [2.24, 2.45) is 5.92 Å². The number of likely N-dealkylation sites (tertiary alicyclic amines) is 1. The van der Waals surface area contributed by atoms with E-state index in [0.29, 0.717) is 5.69 Å². The van der Waals surface area contributed by atoms with Gasteiger partial charge in [0.2, 0.25) is 5.91 Å². The van der Waals surface area contributed by atoms with E-state index in [1.807, 2.05) is 25.1 Å². The number of aryl methyl sites for hydroxylation is 1. The number of anilines is 1. The van der Waals surface area contributed by atoms with Crippen molar-refractivity contribution in [2.45, 2.75) is 6.92 Å². The molecule has 1 aromatic heterocycles. The van der Waals surface area contributed by atoms with E-state index in [9.17, 15) is 19.7 Å². The lowest BCUT2D eigenvalue weighted by molar-refractivity contribution is -0.402. The minimum absolute atomic E-state index is 0.0979. The van der Waals surface area contributed by atoms with Gasteiger partial charge in [-0.3, -0.25) is 19.7 Å². The van der Waals surface area contributed by atoms with E-state index >= 15 is 0 Å². The van der Waals surface area contributed by atoms with Gasteiger partial charge in [0, 0.05) is 18.8 Å². The number of amides is 2. The summed E-state index contributed by atoms with van der Waals surface area (Å²) >= 11 is 0. The van der Waals surface area contributed by atoms with Gasteiger partial charge in [0.15, 0.2) is 5.76 Å². The summed E-state index contributed by atoms with van der Waals surface area (Å²) in [7, 11) is 0. The highest BCUT2D eigenvalue weighted by Crippen LogP contribution is 2.23. The first kappa shape index (κ1) is 15.7. The zero-order chi connectivity index (χ0) is 17.3. The molecule has 0 atom stereocenters. The summed E-state index contributed by atoms with van der Waals surface area (Å²) in [6, 6.07) is 9.85. The van der Waals surface area contributed by atoms with E-state index in [0.717, 1.165) is 11.6 Å². The van der Waals surface area contributed by atoms with Crippen LogP contribution >= 0.6 is 0 Å². The number of carbonyl (C=O) groups is 2. The Hall–Kier alpha value is -3.16. The maximum absolute atomic E-state index is 12.1. The molecule has 1 aromatic carbocycles. The third-order valence-electron chi connectivity index (χ3n) is 3.81. The fourth-order valence-electron chi connectivity index (χ4n) is 2.47. The molecule has 1 N–H and O–H groups in total. The predicted molar refractivity (Wildman–Crippen MR) is 84.6 cm³/mol. The van der Waals surface area contributed by atoms with E-state index in [4.69, 9.17) is 4.42 Å². The molecule has 1 aliphatic heterocycles. The standard InChI is InChI=1S/C16H15N3O5/c1-10-3-2-4-12(7-10)17-15(20)11-8-18(9-11)16(21)13-5-6-14(24-13)19(22)23/h2-7,11H,8-9H2,1H3,(H,17,20). The largest absolute Gasteiger partial charge is 0.433 e. The van der Waals surface area contributed by atoms with Crippen molar-refractivity contribution >= 4 is 23.4 Å². The molecule has 2 aromatic rings. The lowest BCUT2D eigenvalue weighted by Gasteiger charge is -2.37. The first-order valence-electron chi connectivity index (χ1n) is 7.35. The van der Waals surface area contributed by atoms with Crippen molar-refractivity contribution in [1.29, 1.82) is 0 Å². The number of nitro groups is 1. The second-order valence-electron chi connectivity index (χ2n) is 5.66. The molecule has 0 radical (unpaired) electrons. The van der Waals surface area contributed by atoms with Crippen molar-refractivity contribution in [2.75, 3.05) is 18.4 Å². The number of rotatable bonds is 4. The van der Waals surface area contributed by atoms with E-state index < -0.39 is 16.7 Å². The summed E-state index contributed by atoms with van der Waals surface area (Å²) in [6.45, 7) is 2.44. The average molecular weight is 329 g/mol. The summed E-state index contributed by atoms with van der Waals surface area (Å²) in [4.78, 5) is 35.5. The summed E-state index contributed by atoms with van der Waals surface area (Å²) in [6.07, 6.45) is 0. The highest BCUT2D eigenvalue weighted by atomic mass is 16.6. The Kier molecular flexibility index (Phi) is 4.03. The quantitative estimate of drug-likeness (QED) is 0.684. The molecular weight excluding hydrogens is 314 g/mol. The van der Waals surface area contributed by atoms with E-state index in [2.05, 4.69) is 5.32 Å². The number of benzene rings is 1. The van der Waals surface area contributed by atoms with Crippen LogP contribution in [0, 0.1) is 23.0 Å². The van der Waals surface area contributed by atoms with Gasteiger partial charge in [-0.15, -0.1) is 0 Å². The molecule has 0 spiro atoms. The summed E-state index contributed by atoms with van der Waals surface area (Å²) in [5.41, 5.74) is 1.75. The second kappa shape index (κ2) is 6.15. The van der Waals surface area contributed by atoms with Crippen molar-refractivity contribution in [1.82, 2.24) is 4.90 Å². The molecule has 1 aliphatic rings. The molecule has 1 fully saturated rings. The number of nitrogens with zero attached hydrogens (tertiary/aromatic N) is 2. The molecule has 0 bridgehead atoms. The molecule has 2 amide bonds. The molecular formula is C16H15N3O5. The van der Waals surface area contributed by atoms with Crippen LogP contribution < -0.4 is 5.32 Å². The fourth-order valence-corrected chi connectivity index (χ4v) is 2.47. The van der Waals surface area contributed by atoms with Gasteiger partial charge in [0.05, 0.1) is 12.0 Å². The van der Waals surface area contributed by atoms with Crippen LogP contribution in [0.3, 0.4) is 0 Å². The highest BCUT2D eigenvalue weighted by molar-refractivity contribution is 5.97. The number of carbonyl (C=O) groups excluding carboxylic acids is 2. The maximum Gasteiger partial charge on any atom is 0.433 e. The van der Waals surface area contributed by atoms with Crippen molar-refractivity contribution in [3.05, 3.63) is 57.8 Å². The van der Waals surface area contributed by atoms with Crippen LogP contribution in [0.4, 0.5) is 11.6 Å². The van der Waals surface area contributed by atoms with E-state index in [-0.39, 0.29) is 30.7 Å². The zero-order valence-corrected chi connectivity index (χ0v) is 12.9. The number of nitrogens with one attached hydrogen (secondary N) is 1. The number of hydrogen-bond donors (Lipinski definition) is 1. The van der Waals surface area contributed by atoms with Crippen LogP contribution in [0.15, 0.2) is 40.8 Å². The van der Waals surface area contributed by atoms with Gasteiger partial charge < -0.3 is 14.6 Å². The third-order valence-corrected chi connectivity index (χ3v) is 3.81. The Bertz CT molecular complexity index is 808. The van der Waals surface area contributed by atoms with Gasteiger partial charge in [-0.2, -0.15) is 0 Å². The average Bonchev–Trinajstić information content (AvgIpc) is 2.95. The van der Waals surface area contributed by atoms with Crippen LogP contribution in [0.25, 0.3) is 0 Å². The molecule has 3 rings (SSSR count). The third kappa shape index (κ3) is 3.12. The molecule has 0 unspecified atom stereocenters. The lowest BCUT2D eigenvalue weighted by atomic mass is 9.98. The number of furan rings is 1. The molecule has 8 nitrogen and oxygen atoms in total. The highest BCUT2D eigenvalue weighted by Gasteiger charge is 2.37. The normalized spacial score (nSPS) is 14.1. The van der Waals surface area contributed by atoms with Gasteiger partial charge in [-0.05, 0) is 30.7 Å². The van der Waals surface area contributed by atoms with Crippen molar-refractivity contribution in [3.8, 4) is 0 Å². The Morgan fingerprint density at radius 3 is 2.67 bits per heavy atom. The monoisotopic (exact) mass is 329 g/mol. The smallest absolute Gasteiger partial charge is 0.395 e. The molecule has 2 heterocycles. The Morgan fingerprint density at radius 2 is 2.04 bits per heavy atom. The molecule has 8 heteroatoms. The fraction of sp³-hybridized carbons (Fsp3) is 0.250. The lowest BCUT2D eigenvalue weighted by Crippen LogP contribution is -2.54. The molecule has 124 valence electrons. The van der Waals surface area contributed by atoms with Gasteiger partial charge in [-0.1, -0.05) is 12.1 Å². The van der Waals surface area contributed by atoms with Crippen LogP contribution in [0.1, 0.15) is 16.1 Å². The molecule has 24 heavy (non-hydrogen) atoms. The first-order valence-corrected chi connectivity index (χ1v) is 7.35. The van der Waals surface area contributed by atoms with Crippen molar-refractivity contribution in [3.63, 3.8) is 0 Å². The minimum atomic E-state index is -0.703. The minimum Gasteiger partial charge on any atom is -0.395 e. The zero-order valence-electron chi connectivity index (χ0n) is 12.9. The molecule has 1 saturated heterocycles. The van der Waals surface area contributed by atoms with Gasteiger partial charge in [-0.25, -0.2) is 0 Å². The van der Waals surface area contributed by atoms with Crippen LogP contribution in [-0.4, -0.2) is 34.7 Å². The van der Waals surface area contributed by atoms with Crippen LogP contribution in [0.5, 0.6) is 0 Å². The maximum atomic E-state index is 12.1. The second-order valence-corrected chi connectivity index (χ2v) is 5.66. The number of hydrogen-bond acceptors (Lipinski definition) is 5. The van der Waals surface area contributed by atoms with Crippen LogP contribution in [0.2, 0.25) is 0 Å².